The van der Waals surface area contributed by atoms with Crippen molar-refractivity contribution in [2.24, 2.45) is 0 Å². The molecule has 1 saturated heterocycles. The minimum atomic E-state index is -0.604. The van der Waals surface area contributed by atoms with E-state index in [9.17, 15) is 14.0 Å². The highest BCUT2D eigenvalue weighted by Crippen LogP contribution is 2.39. The first-order valence-corrected chi connectivity index (χ1v) is 15.4. The van der Waals surface area contributed by atoms with Crippen molar-refractivity contribution < 1.29 is 23.5 Å². The average molecular weight is 608 g/mol. The first-order valence-electron chi connectivity index (χ1n) is 14.6. The number of carbonyl (C=O) groups excluding carboxylic acids is 2. The first kappa shape index (κ1) is 29.0. The summed E-state index contributed by atoms with van der Waals surface area (Å²) in [5, 5.41) is 8.48. The highest BCUT2D eigenvalue weighted by molar-refractivity contribution is 7.22. The number of imidazole rings is 1. The van der Waals surface area contributed by atoms with Gasteiger partial charge in [-0.05, 0) is 50.9 Å². The molecule has 1 saturated carbocycles. The van der Waals surface area contributed by atoms with Crippen LogP contribution in [-0.4, -0.2) is 76.8 Å². The molecule has 2 fully saturated rings. The third-order valence-electron chi connectivity index (χ3n) is 7.36. The molecule has 0 radical (unpaired) electrons. The number of ether oxygens (including phenoxy) is 2. The van der Waals surface area contributed by atoms with E-state index in [4.69, 9.17) is 9.47 Å². The number of benzene rings is 1. The predicted octanol–water partition coefficient (Wildman–Crippen LogP) is 4.85. The van der Waals surface area contributed by atoms with Crippen LogP contribution in [0.2, 0.25) is 0 Å². The molecular weight excluding hydrogens is 573 g/mol. The molecule has 1 aliphatic heterocycles. The van der Waals surface area contributed by atoms with E-state index in [1.807, 2.05) is 17.6 Å². The maximum atomic E-state index is 14.9. The fraction of sp³-hybridized carbons (Fsp3) is 0.400. The normalized spacial score (nSPS) is 15.4. The Labute approximate surface area is 252 Å². The largest absolute Gasteiger partial charge is 0.453 e. The monoisotopic (exact) mass is 607 g/mol. The maximum absolute atomic E-state index is 14.9. The summed E-state index contributed by atoms with van der Waals surface area (Å²) in [5.74, 6) is 0.358. The number of hydrogen-bond acceptors (Lipinski definition) is 8. The van der Waals surface area contributed by atoms with Gasteiger partial charge in [0.15, 0.2) is 17.4 Å². The Balaban J connectivity index is 1.14. The Morgan fingerprint density at radius 2 is 1.98 bits per heavy atom. The fourth-order valence-electron chi connectivity index (χ4n) is 4.96. The smallest absolute Gasteiger partial charge is 0.319 e. The molecule has 0 bridgehead atoms. The Kier molecular flexibility index (Phi) is 8.82. The third kappa shape index (κ3) is 6.95. The van der Waals surface area contributed by atoms with Crippen LogP contribution in [0.1, 0.15) is 36.7 Å². The summed E-state index contributed by atoms with van der Waals surface area (Å²) in [4.78, 5) is 37.2. The highest BCUT2D eigenvalue weighted by atomic mass is 32.1. The summed E-state index contributed by atoms with van der Waals surface area (Å²) >= 11 is 1.41. The molecule has 0 unspecified atom stereocenters. The fourth-order valence-corrected chi connectivity index (χ4v) is 6.03. The standard InChI is InChI=1S/C30H34FN7O4S/c1-2-38-23(29(39)33-9-3-11-37-12-14-41-15-13-37)18-34-28(38)26-17-22-27(43-26)25(8-10-32-22)42-24-7-6-20(16-21(24)31)36-30(40)35-19-4-5-19/h6-8,10,16-19H,2-5,9,11-15H2,1H3,(H,33,39)(H2,35,36,40). The highest BCUT2D eigenvalue weighted by Gasteiger charge is 2.24. The number of carbonyl (C=O) groups is 2. The van der Waals surface area contributed by atoms with Gasteiger partial charge in [0.25, 0.3) is 5.91 Å². The van der Waals surface area contributed by atoms with Crippen molar-refractivity contribution in [2.75, 3.05) is 44.7 Å². The van der Waals surface area contributed by atoms with Crippen molar-refractivity contribution in [3.63, 3.8) is 0 Å². The number of amides is 3. The number of aromatic nitrogens is 3. The lowest BCUT2D eigenvalue weighted by Gasteiger charge is -2.26. The van der Waals surface area contributed by atoms with Gasteiger partial charge in [-0.2, -0.15) is 0 Å². The summed E-state index contributed by atoms with van der Waals surface area (Å²) in [5.41, 5.74) is 1.50. The first-order chi connectivity index (χ1) is 21.0. The molecule has 1 aliphatic carbocycles. The minimum absolute atomic E-state index is 0.0261. The van der Waals surface area contributed by atoms with Gasteiger partial charge in [0, 0.05) is 56.2 Å². The number of halogens is 1. The predicted molar refractivity (Wildman–Crippen MR) is 162 cm³/mol. The molecule has 2 aliphatic rings. The Bertz CT molecular complexity index is 1610. The number of pyridine rings is 1. The average Bonchev–Trinajstić information content (AvgIpc) is 3.53. The number of nitrogens with zero attached hydrogens (tertiary/aromatic N) is 4. The van der Waals surface area contributed by atoms with Gasteiger partial charge in [-0.3, -0.25) is 14.7 Å². The molecule has 226 valence electrons. The molecular formula is C30H34FN7O4S. The van der Waals surface area contributed by atoms with Gasteiger partial charge in [-0.25, -0.2) is 14.2 Å². The number of fused-ring (bicyclic) bond motifs is 1. The molecule has 0 spiro atoms. The third-order valence-corrected chi connectivity index (χ3v) is 8.50. The minimum Gasteiger partial charge on any atom is -0.453 e. The quantitative estimate of drug-likeness (QED) is 0.209. The number of urea groups is 1. The van der Waals surface area contributed by atoms with Gasteiger partial charge < -0.3 is 30.0 Å². The van der Waals surface area contributed by atoms with Gasteiger partial charge in [-0.15, -0.1) is 11.3 Å². The number of nitrogens with one attached hydrogen (secondary N) is 3. The van der Waals surface area contributed by atoms with E-state index >= 15 is 0 Å². The molecule has 3 amide bonds. The molecule has 11 nitrogen and oxygen atoms in total. The van der Waals surface area contributed by atoms with E-state index in [1.165, 1.54) is 23.5 Å². The molecule has 6 rings (SSSR count). The van der Waals surface area contributed by atoms with Crippen molar-refractivity contribution in [3.05, 3.63) is 54.2 Å². The van der Waals surface area contributed by atoms with E-state index in [-0.39, 0.29) is 23.7 Å². The van der Waals surface area contributed by atoms with Crippen LogP contribution in [0, 0.1) is 5.82 Å². The Morgan fingerprint density at radius 1 is 1.14 bits per heavy atom. The van der Waals surface area contributed by atoms with Crippen molar-refractivity contribution in [1.82, 2.24) is 30.1 Å². The van der Waals surface area contributed by atoms with Crippen LogP contribution in [0.15, 0.2) is 42.7 Å². The van der Waals surface area contributed by atoms with Gasteiger partial charge in [0.2, 0.25) is 0 Å². The van der Waals surface area contributed by atoms with Crippen LogP contribution in [0.4, 0.5) is 14.9 Å². The lowest BCUT2D eigenvalue weighted by atomic mass is 10.3. The zero-order chi connectivity index (χ0) is 29.8. The molecule has 1 aromatic carbocycles. The molecule has 43 heavy (non-hydrogen) atoms. The van der Waals surface area contributed by atoms with Crippen LogP contribution < -0.4 is 20.7 Å². The number of morpholine rings is 1. The summed E-state index contributed by atoms with van der Waals surface area (Å²) in [6.07, 6.45) is 5.99. The molecule has 0 atom stereocenters. The summed E-state index contributed by atoms with van der Waals surface area (Å²) in [6.45, 7) is 7.40. The molecule has 4 aromatic rings. The van der Waals surface area contributed by atoms with Gasteiger partial charge in [0.05, 0.1) is 34.5 Å². The van der Waals surface area contributed by atoms with Gasteiger partial charge >= 0.3 is 6.03 Å². The van der Waals surface area contributed by atoms with E-state index in [1.54, 1.807) is 24.5 Å². The number of hydrogen-bond donors (Lipinski definition) is 3. The Morgan fingerprint density at radius 3 is 2.74 bits per heavy atom. The van der Waals surface area contributed by atoms with Crippen molar-refractivity contribution >= 4 is 39.2 Å². The second-order valence-corrected chi connectivity index (χ2v) is 11.6. The van der Waals surface area contributed by atoms with Crippen molar-refractivity contribution in [3.8, 4) is 22.2 Å². The molecule has 3 aromatic heterocycles. The van der Waals surface area contributed by atoms with E-state index in [0.717, 1.165) is 61.7 Å². The van der Waals surface area contributed by atoms with Crippen LogP contribution in [0.25, 0.3) is 20.9 Å². The van der Waals surface area contributed by atoms with Crippen LogP contribution in [0.3, 0.4) is 0 Å². The molecule has 4 heterocycles. The molecule has 13 heteroatoms. The van der Waals surface area contributed by atoms with Crippen molar-refractivity contribution in [1.29, 1.82) is 0 Å². The second-order valence-electron chi connectivity index (χ2n) is 10.5. The van der Waals surface area contributed by atoms with Crippen molar-refractivity contribution in [2.45, 2.75) is 38.8 Å². The van der Waals surface area contributed by atoms with E-state index < -0.39 is 5.82 Å². The number of rotatable bonds is 11. The topological polar surface area (TPSA) is 123 Å². The zero-order valence-electron chi connectivity index (χ0n) is 23.9. The number of thiophene rings is 1. The summed E-state index contributed by atoms with van der Waals surface area (Å²) in [6, 6.07) is 7.73. The second kappa shape index (κ2) is 13.1. The lowest BCUT2D eigenvalue weighted by Crippen LogP contribution is -2.38. The van der Waals surface area contributed by atoms with Crippen LogP contribution in [-0.2, 0) is 11.3 Å². The van der Waals surface area contributed by atoms with Gasteiger partial charge in [0.1, 0.15) is 11.4 Å². The Hall–Kier alpha value is -4.07. The zero-order valence-corrected chi connectivity index (χ0v) is 24.7. The lowest BCUT2D eigenvalue weighted by molar-refractivity contribution is 0.0374. The number of anilines is 1. The van der Waals surface area contributed by atoms with E-state index in [0.29, 0.717) is 41.6 Å². The van der Waals surface area contributed by atoms with Gasteiger partial charge in [-0.1, -0.05) is 0 Å². The van der Waals surface area contributed by atoms with Crippen LogP contribution >= 0.6 is 11.3 Å². The van der Waals surface area contributed by atoms with E-state index in [2.05, 4.69) is 30.8 Å². The maximum Gasteiger partial charge on any atom is 0.319 e. The summed E-state index contributed by atoms with van der Waals surface area (Å²) < 4.78 is 28.9. The van der Waals surface area contributed by atoms with Crippen LogP contribution in [0.5, 0.6) is 11.5 Å². The SMILES string of the molecule is CCn1c(C(=O)NCCCN2CCOCC2)cnc1-c1cc2nccc(Oc3ccc(NC(=O)NC4CC4)cc3F)c2s1. The summed E-state index contributed by atoms with van der Waals surface area (Å²) in [7, 11) is 0. The molecule has 3 N–H and O–H groups in total.